The number of amidine groups is 1. The van der Waals surface area contributed by atoms with E-state index in [4.69, 9.17) is 9.73 Å². The number of ether oxygens (including phenoxy) is 1. The van der Waals surface area contributed by atoms with Crippen molar-refractivity contribution in [2.75, 3.05) is 13.2 Å². The van der Waals surface area contributed by atoms with E-state index in [0.29, 0.717) is 6.61 Å². The molecule has 102 valence electrons. The van der Waals surface area contributed by atoms with E-state index in [1.54, 1.807) is 0 Å². The number of nitrogens with zero attached hydrogens (tertiary/aromatic N) is 2. The van der Waals surface area contributed by atoms with Crippen molar-refractivity contribution in [3.05, 3.63) is 65.6 Å². The molecule has 20 heavy (non-hydrogen) atoms. The third-order valence-electron chi connectivity index (χ3n) is 3.36. The predicted molar refractivity (Wildman–Crippen MR) is 82.1 cm³/mol. The van der Waals surface area contributed by atoms with Crippen molar-refractivity contribution in [2.45, 2.75) is 13.8 Å². The Bertz CT molecular complexity index is 621. The molecule has 3 heteroatoms. The third-order valence-corrected chi connectivity index (χ3v) is 3.36. The first kappa shape index (κ1) is 12.7. The van der Waals surface area contributed by atoms with Crippen LogP contribution in [0.25, 0.3) is 5.70 Å². The van der Waals surface area contributed by atoms with Gasteiger partial charge in [0.15, 0.2) is 0 Å². The van der Waals surface area contributed by atoms with Crippen molar-refractivity contribution in [1.29, 1.82) is 0 Å². The number of fused-ring (bicyclic) bond motifs is 1. The number of aryl methyl sites for hydroxylation is 1. The Labute approximate surface area is 119 Å². The lowest BCUT2D eigenvalue weighted by Crippen LogP contribution is -2.29. The molecule has 2 heterocycles. The lowest BCUT2D eigenvalue weighted by molar-refractivity contribution is 0.241. The van der Waals surface area contributed by atoms with E-state index >= 15 is 0 Å². The Morgan fingerprint density at radius 2 is 2.05 bits per heavy atom. The molecule has 2 aliphatic heterocycles. The molecule has 0 saturated heterocycles. The van der Waals surface area contributed by atoms with E-state index in [9.17, 15) is 0 Å². The van der Waals surface area contributed by atoms with Crippen LogP contribution in [-0.2, 0) is 4.74 Å². The molecule has 3 rings (SSSR count). The summed E-state index contributed by atoms with van der Waals surface area (Å²) in [6.45, 7) is 5.59. The number of aliphatic imine (C=N–C) groups is 1. The highest BCUT2D eigenvalue weighted by atomic mass is 16.5. The lowest BCUT2D eigenvalue weighted by atomic mass is 10.1. The van der Waals surface area contributed by atoms with Crippen LogP contribution in [0.4, 0.5) is 0 Å². The van der Waals surface area contributed by atoms with E-state index in [1.807, 2.05) is 25.3 Å². The summed E-state index contributed by atoms with van der Waals surface area (Å²) in [7, 11) is 0. The molecule has 0 atom stereocenters. The molecule has 0 bridgehead atoms. The average molecular weight is 266 g/mol. The van der Waals surface area contributed by atoms with Crippen LogP contribution in [0.5, 0.6) is 0 Å². The maximum absolute atomic E-state index is 5.54. The van der Waals surface area contributed by atoms with Crippen molar-refractivity contribution in [2.24, 2.45) is 4.99 Å². The molecule has 2 aliphatic rings. The van der Waals surface area contributed by atoms with Gasteiger partial charge in [-0.25, -0.2) is 4.99 Å². The quantitative estimate of drug-likeness (QED) is 0.836. The average Bonchev–Trinajstić information content (AvgIpc) is 2.48. The summed E-state index contributed by atoms with van der Waals surface area (Å²) in [6, 6.07) is 8.47. The summed E-state index contributed by atoms with van der Waals surface area (Å²) in [5, 5.41) is 0. The normalized spacial score (nSPS) is 17.1. The topological polar surface area (TPSA) is 24.8 Å². The van der Waals surface area contributed by atoms with Crippen molar-refractivity contribution in [3.63, 3.8) is 0 Å². The Morgan fingerprint density at radius 1 is 1.25 bits per heavy atom. The number of hydrogen-bond acceptors (Lipinski definition) is 3. The highest BCUT2D eigenvalue weighted by Gasteiger charge is 2.17. The highest BCUT2D eigenvalue weighted by molar-refractivity contribution is 6.00. The molecule has 0 aromatic heterocycles. The summed E-state index contributed by atoms with van der Waals surface area (Å²) in [5.74, 6) is 1.81. The Balaban J connectivity index is 1.88. The van der Waals surface area contributed by atoms with Crippen molar-refractivity contribution in [1.82, 2.24) is 4.90 Å². The number of rotatable bonds is 3. The minimum absolute atomic E-state index is 0.671. The number of benzene rings is 1. The largest absolute Gasteiger partial charge is 0.494 e. The molecule has 0 amide bonds. The van der Waals surface area contributed by atoms with Crippen molar-refractivity contribution < 1.29 is 4.74 Å². The van der Waals surface area contributed by atoms with E-state index in [-0.39, 0.29) is 0 Å². The first-order chi connectivity index (χ1) is 9.76. The fraction of sp³-hybridized carbons (Fsp3) is 0.235. The second kappa shape index (κ2) is 5.37. The SMILES string of the molecule is CCOC1=CC2=NC(c3ccc(C)cc3)=CCN2C=C1. The molecule has 0 fully saturated rings. The zero-order valence-electron chi connectivity index (χ0n) is 11.8. The van der Waals surface area contributed by atoms with Gasteiger partial charge in [-0.2, -0.15) is 0 Å². The first-order valence-electron chi connectivity index (χ1n) is 6.91. The summed E-state index contributed by atoms with van der Waals surface area (Å²) in [6.07, 6.45) is 8.14. The van der Waals surface area contributed by atoms with Crippen LogP contribution >= 0.6 is 0 Å². The van der Waals surface area contributed by atoms with Gasteiger partial charge in [0.1, 0.15) is 11.6 Å². The highest BCUT2D eigenvalue weighted by Crippen LogP contribution is 2.23. The van der Waals surface area contributed by atoms with Gasteiger partial charge < -0.3 is 9.64 Å². The van der Waals surface area contributed by atoms with Gasteiger partial charge in [-0.1, -0.05) is 29.8 Å². The zero-order chi connectivity index (χ0) is 13.9. The smallest absolute Gasteiger partial charge is 0.137 e. The van der Waals surface area contributed by atoms with E-state index in [0.717, 1.165) is 29.4 Å². The monoisotopic (exact) mass is 266 g/mol. The van der Waals surface area contributed by atoms with E-state index < -0.39 is 0 Å². The maximum atomic E-state index is 5.54. The van der Waals surface area contributed by atoms with Crippen LogP contribution in [0.15, 0.2) is 59.4 Å². The summed E-state index contributed by atoms with van der Waals surface area (Å²) >= 11 is 0. The van der Waals surface area contributed by atoms with Crippen LogP contribution in [-0.4, -0.2) is 23.9 Å². The standard InChI is InChI=1S/C17H18N2O/c1-3-20-15-8-10-19-11-9-16(18-17(19)12-15)14-6-4-13(2)5-7-14/h4-10,12H,3,11H2,1-2H3. The molecule has 0 N–H and O–H groups in total. The Morgan fingerprint density at radius 3 is 2.80 bits per heavy atom. The molecule has 0 radical (unpaired) electrons. The first-order valence-corrected chi connectivity index (χ1v) is 6.91. The fourth-order valence-corrected chi connectivity index (χ4v) is 2.27. The molecule has 0 unspecified atom stereocenters. The van der Waals surface area contributed by atoms with Crippen molar-refractivity contribution in [3.8, 4) is 0 Å². The van der Waals surface area contributed by atoms with Gasteiger partial charge in [0.2, 0.25) is 0 Å². The summed E-state index contributed by atoms with van der Waals surface area (Å²) in [4.78, 5) is 6.84. The second-order valence-corrected chi connectivity index (χ2v) is 4.87. The predicted octanol–water partition coefficient (Wildman–Crippen LogP) is 3.50. The molecule has 1 aromatic rings. The second-order valence-electron chi connectivity index (χ2n) is 4.87. The van der Waals surface area contributed by atoms with Gasteiger partial charge in [0.25, 0.3) is 0 Å². The van der Waals surface area contributed by atoms with Gasteiger partial charge in [0.05, 0.1) is 12.3 Å². The Kier molecular flexibility index (Phi) is 3.42. The Hall–Kier alpha value is -2.29. The minimum Gasteiger partial charge on any atom is -0.494 e. The van der Waals surface area contributed by atoms with Gasteiger partial charge in [0, 0.05) is 18.8 Å². The molecule has 0 spiro atoms. The zero-order valence-corrected chi connectivity index (χ0v) is 11.8. The number of hydrogen-bond donors (Lipinski definition) is 0. The summed E-state index contributed by atoms with van der Waals surface area (Å²) in [5.41, 5.74) is 3.45. The van der Waals surface area contributed by atoms with Crippen molar-refractivity contribution >= 4 is 11.5 Å². The van der Waals surface area contributed by atoms with Crippen LogP contribution in [0.2, 0.25) is 0 Å². The molecule has 0 aliphatic carbocycles. The number of allylic oxidation sites excluding steroid dienone is 1. The maximum Gasteiger partial charge on any atom is 0.137 e. The summed E-state index contributed by atoms with van der Waals surface area (Å²) < 4.78 is 5.54. The fourth-order valence-electron chi connectivity index (χ4n) is 2.27. The van der Waals surface area contributed by atoms with Gasteiger partial charge in [-0.15, -0.1) is 0 Å². The van der Waals surface area contributed by atoms with Crippen LogP contribution in [0.3, 0.4) is 0 Å². The molecule has 3 nitrogen and oxygen atoms in total. The van der Waals surface area contributed by atoms with Gasteiger partial charge in [-0.3, -0.25) is 0 Å². The van der Waals surface area contributed by atoms with E-state index in [1.165, 1.54) is 5.56 Å². The third kappa shape index (κ3) is 2.52. The minimum atomic E-state index is 0.671. The molecule has 0 saturated carbocycles. The lowest BCUT2D eigenvalue weighted by Gasteiger charge is -2.26. The van der Waals surface area contributed by atoms with Gasteiger partial charge in [-0.05, 0) is 31.6 Å². The van der Waals surface area contributed by atoms with Crippen LogP contribution in [0.1, 0.15) is 18.1 Å². The molecular formula is C17H18N2O. The van der Waals surface area contributed by atoms with Gasteiger partial charge >= 0.3 is 0 Å². The van der Waals surface area contributed by atoms with E-state index in [2.05, 4.69) is 42.2 Å². The van der Waals surface area contributed by atoms with Crippen LogP contribution < -0.4 is 0 Å². The molecular weight excluding hydrogens is 248 g/mol. The molecule has 1 aromatic carbocycles. The van der Waals surface area contributed by atoms with Crippen LogP contribution in [0, 0.1) is 6.92 Å².